The third-order valence-electron chi connectivity index (χ3n) is 2.84. The number of nitrogens with zero attached hydrogens (tertiary/aromatic N) is 1. The largest absolute Gasteiger partial charge is 0.351 e. The molecule has 74 valence electrons. The van der Waals surface area contributed by atoms with Crippen molar-refractivity contribution in [3.05, 3.63) is 0 Å². The maximum absolute atomic E-state index is 11.6. The van der Waals surface area contributed by atoms with Crippen LogP contribution in [0.5, 0.6) is 0 Å². The highest BCUT2D eigenvalue weighted by Crippen LogP contribution is 2.10. The van der Waals surface area contributed by atoms with Crippen molar-refractivity contribution < 1.29 is 4.79 Å². The van der Waals surface area contributed by atoms with Crippen LogP contribution >= 0.6 is 0 Å². The van der Waals surface area contributed by atoms with Gasteiger partial charge in [0.25, 0.3) is 0 Å². The van der Waals surface area contributed by atoms with Gasteiger partial charge < -0.3 is 15.5 Å². The molecule has 0 saturated carbocycles. The Balaban J connectivity index is 1.72. The second-order valence-electron chi connectivity index (χ2n) is 4.12. The average molecular weight is 183 g/mol. The van der Waals surface area contributed by atoms with Gasteiger partial charge in [-0.3, -0.25) is 4.79 Å². The van der Waals surface area contributed by atoms with Crippen molar-refractivity contribution >= 4 is 5.91 Å². The molecule has 2 aliphatic rings. The molecule has 1 amide bonds. The van der Waals surface area contributed by atoms with Gasteiger partial charge in [0.1, 0.15) is 0 Å². The lowest BCUT2D eigenvalue weighted by molar-refractivity contribution is -0.126. The number of amides is 1. The lowest BCUT2D eigenvalue weighted by Gasteiger charge is -2.37. The predicted octanol–water partition coefficient (Wildman–Crippen LogP) is -0.974. The Hall–Kier alpha value is -0.610. The minimum Gasteiger partial charge on any atom is -0.351 e. The van der Waals surface area contributed by atoms with Crippen LogP contribution in [0, 0.1) is 5.92 Å². The van der Waals surface area contributed by atoms with Gasteiger partial charge >= 0.3 is 0 Å². The Morgan fingerprint density at radius 2 is 2.31 bits per heavy atom. The Morgan fingerprint density at radius 1 is 1.54 bits per heavy atom. The van der Waals surface area contributed by atoms with Gasteiger partial charge in [-0.2, -0.15) is 0 Å². The van der Waals surface area contributed by atoms with Crippen molar-refractivity contribution in [2.24, 2.45) is 5.92 Å². The van der Waals surface area contributed by atoms with Gasteiger partial charge in [0.15, 0.2) is 0 Å². The summed E-state index contributed by atoms with van der Waals surface area (Å²) >= 11 is 0. The van der Waals surface area contributed by atoms with Crippen LogP contribution in [0.4, 0.5) is 0 Å². The number of hydrogen-bond acceptors (Lipinski definition) is 3. The fourth-order valence-electron chi connectivity index (χ4n) is 1.99. The maximum atomic E-state index is 11.6. The fraction of sp³-hybridized carbons (Fsp3) is 0.889. The van der Waals surface area contributed by atoms with Crippen molar-refractivity contribution in [2.45, 2.75) is 12.5 Å². The highest BCUT2D eigenvalue weighted by atomic mass is 16.2. The van der Waals surface area contributed by atoms with Gasteiger partial charge in [0.05, 0.1) is 12.0 Å². The molecule has 0 radical (unpaired) electrons. The first-order valence-electron chi connectivity index (χ1n) is 4.95. The molecule has 1 unspecified atom stereocenters. The van der Waals surface area contributed by atoms with E-state index in [0.717, 1.165) is 32.6 Å². The third-order valence-corrected chi connectivity index (χ3v) is 2.84. The standard InChI is InChI=1S/C9H17N3O/c1-12-5-8(6-12)11-9(13)7-2-3-10-4-7/h7-8,10H,2-6H2,1H3,(H,11,13). The molecule has 2 aliphatic heterocycles. The zero-order chi connectivity index (χ0) is 9.26. The average Bonchev–Trinajstić information content (AvgIpc) is 2.53. The molecule has 4 heteroatoms. The molecule has 0 spiro atoms. The molecule has 2 saturated heterocycles. The van der Waals surface area contributed by atoms with Crippen LogP contribution < -0.4 is 10.6 Å². The summed E-state index contributed by atoms with van der Waals surface area (Å²) in [6.07, 6.45) is 0.994. The second kappa shape index (κ2) is 3.64. The molecule has 2 fully saturated rings. The monoisotopic (exact) mass is 183 g/mol. The Labute approximate surface area is 78.7 Å². The van der Waals surface area contributed by atoms with Gasteiger partial charge in [0, 0.05) is 19.6 Å². The second-order valence-corrected chi connectivity index (χ2v) is 4.12. The summed E-state index contributed by atoms with van der Waals surface area (Å²) in [5, 5.41) is 6.27. The van der Waals surface area contributed by atoms with Crippen molar-refractivity contribution in [3.8, 4) is 0 Å². The van der Waals surface area contributed by atoms with E-state index >= 15 is 0 Å². The molecule has 0 aromatic rings. The number of likely N-dealkylation sites (N-methyl/N-ethyl adjacent to an activating group) is 1. The summed E-state index contributed by atoms with van der Waals surface area (Å²) in [6, 6.07) is 0.401. The van der Waals surface area contributed by atoms with Crippen LogP contribution in [0.25, 0.3) is 0 Å². The number of hydrogen-bond donors (Lipinski definition) is 2. The highest BCUT2D eigenvalue weighted by molar-refractivity contribution is 5.79. The molecule has 0 bridgehead atoms. The Kier molecular flexibility index (Phi) is 2.51. The lowest BCUT2D eigenvalue weighted by Crippen LogP contribution is -2.58. The summed E-state index contributed by atoms with van der Waals surface area (Å²) < 4.78 is 0. The van der Waals surface area contributed by atoms with Crippen LogP contribution in [-0.2, 0) is 4.79 Å². The van der Waals surface area contributed by atoms with E-state index < -0.39 is 0 Å². The van der Waals surface area contributed by atoms with Gasteiger partial charge in [0.2, 0.25) is 5.91 Å². The van der Waals surface area contributed by atoms with Crippen molar-refractivity contribution in [3.63, 3.8) is 0 Å². The summed E-state index contributed by atoms with van der Waals surface area (Å²) in [7, 11) is 2.07. The predicted molar refractivity (Wildman–Crippen MR) is 50.4 cm³/mol. The maximum Gasteiger partial charge on any atom is 0.224 e. The zero-order valence-corrected chi connectivity index (χ0v) is 8.05. The number of carbonyl (C=O) groups excluding carboxylic acids is 1. The normalized spacial score (nSPS) is 30.1. The van der Waals surface area contributed by atoms with E-state index in [0.29, 0.717) is 6.04 Å². The minimum atomic E-state index is 0.214. The van der Waals surface area contributed by atoms with E-state index in [4.69, 9.17) is 0 Å². The zero-order valence-electron chi connectivity index (χ0n) is 8.05. The van der Waals surface area contributed by atoms with Gasteiger partial charge in [-0.25, -0.2) is 0 Å². The van der Waals surface area contributed by atoms with Crippen LogP contribution in [0.3, 0.4) is 0 Å². The highest BCUT2D eigenvalue weighted by Gasteiger charge is 2.28. The Morgan fingerprint density at radius 3 is 2.85 bits per heavy atom. The molecule has 2 rings (SSSR count). The third kappa shape index (κ3) is 2.00. The summed E-state index contributed by atoms with van der Waals surface area (Å²) in [6.45, 7) is 3.86. The molecule has 13 heavy (non-hydrogen) atoms. The van der Waals surface area contributed by atoms with E-state index in [9.17, 15) is 4.79 Å². The van der Waals surface area contributed by atoms with Gasteiger partial charge in [-0.15, -0.1) is 0 Å². The summed E-state index contributed by atoms with van der Waals surface area (Å²) in [4.78, 5) is 13.8. The Bertz CT molecular complexity index is 195. The van der Waals surface area contributed by atoms with E-state index in [1.807, 2.05) is 0 Å². The lowest BCUT2D eigenvalue weighted by atomic mass is 10.1. The van der Waals surface area contributed by atoms with E-state index in [1.54, 1.807) is 0 Å². The summed E-state index contributed by atoms with van der Waals surface area (Å²) in [5.74, 6) is 0.453. The molecule has 2 N–H and O–H groups in total. The van der Waals surface area contributed by atoms with E-state index in [1.165, 1.54) is 0 Å². The minimum absolute atomic E-state index is 0.214. The number of likely N-dealkylation sites (tertiary alicyclic amines) is 1. The molecular formula is C9H17N3O. The first kappa shape index (κ1) is 8.97. The smallest absolute Gasteiger partial charge is 0.224 e. The quantitative estimate of drug-likeness (QED) is 0.579. The number of nitrogens with one attached hydrogen (secondary N) is 2. The van der Waals surface area contributed by atoms with Gasteiger partial charge in [-0.1, -0.05) is 0 Å². The first-order valence-corrected chi connectivity index (χ1v) is 4.95. The fourth-order valence-corrected chi connectivity index (χ4v) is 1.99. The SMILES string of the molecule is CN1CC(NC(=O)C2CCNC2)C1. The van der Waals surface area contributed by atoms with E-state index in [2.05, 4.69) is 22.6 Å². The molecule has 0 aromatic heterocycles. The molecule has 1 atom stereocenters. The van der Waals surface area contributed by atoms with Crippen LogP contribution in [-0.4, -0.2) is 50.1 Å². The molecule has 4 nitrogen and oxygen atoms in total. The summed E-state index contributed by atoms with van der Waals surface area (Å²) in [5.41, 5.74) is 0. The van der Waals surface area contributed by atoms with Crippen molar-refractivity contribution in [2.75, 3.05) is 33.2 Å². The van der Waals surface area contributed by atoms with Crippen LogP contribution in [0.15, 0.2) is 0 Å². The van der Waals surface area contributed by atoms with Gasteiger partial charge in [-0.05, 0) is 20.0 Å². The van der Waals surface area contributed by atoms with Crippen molar-refractivity contribution in [1.82, 2.24) is 15.5 Å². The molecular weight excluding hydrogens is 166 g/mol. The van der Waals surface area contributed by atoms with Crippen LogP contribution in [0.2, 0.25) is 0 Å². The van der Waals surface area contributed by atoms with Crippen molar-refractivity contribution in [1.29, 1.82) is 0 Å². The molecule has 2 heterocycles. The van der Waals surface area contributed by atoms with E-state index in [-0.39, 0.29) is 11.8 Å². The molecule has 0 aromatic carbocycles. The number of rotatable bonds is 2. The topological polar surface area (TPSA) is 44.4 Å². The van der Waals surface area contributed by atoms with Crippen LogP contribution in [0.1, 0.15) is 6.42 Å². The molecule has 0 aliphatic carbocycles. The number of carbonyl (C=O) groups is 1. The first-order chi connectivity index (χ1) is 6.25.